The molecule has 0 unspecified atom stereocenters. The standard InChI is InChI=1S/C23H22N6O3S/c1-29(2)22(30)16-7-5-8-20(12-16)33(31,32)21-9-4-3-6-17(21)15-27-23(25)28-18-10-11-26-19(13-18)14-24/h3-13H,15H2,1-2H3,(H3,25,26,27,28). The van der Waals surface area contributed by atoms with E-state index in [0.717, 1.165) is 0 Å². The summed E-state index contributed by atoms with van der Waals surface area (Å²) in [6.45, 7) is 0.000741. The van der Waals surface area contributed by atoms with Gasteiger partial charge >= 0.3 is 0 Å². The van der Waals surface area contributed by atoms with Gasteiger partial charge in [0.2, 0.25) is 9.84 Å². The lowest BCUT2D eigenvalue weighted by Crippen LogP contribution is -2.23. The van der Waals surface area contributed by atoms with Crippen molar-refractivity contribution in [2.75, 3.05) is 19.4 Å². The van der Waals surface area contributed by atoms with Gasteiger partial charge in [-0.15, -0.1) is 0 Å². The van der Waals surface area contributed by atoms with Crippen LogP contribution < -0.4 is 11.1 Å². The molecule has 3 rings (SSSR count). The zero-order valence-corrected chi connectivity index (χ0v) is 18.9. The molecule has 3 aromatic rings. The molecule has 2 aromatic carbocycles. The highest BCUT2D eigenvalue weighted by atomic mass is 32.2. The monoisotopic (exact) mass is 462 g/mol. The number of anilines is 1. The van der Waals surface area contributed by atoms with E-state index in [1.54, 1.807) is 44.4 Å². The first-order chi connectivity index (χ1) is 15.7. The summed E-state index contributed by atoms with van der Waals surface area (Å²) in [5.74, 6) is -0.240. The number of pyridine rings is 1. The third-order valence-electron chi connectivity index (χ3n) is 4.63. The highest BCUT2D eigenvalue weighted by Gasteiger charge is 2.22. The van der Waals surface area contributed by atoms with Crippen LogP contribution in [0.15, 0.2) is 81.6 Å². The number of hydrogen-bond donors (Lipinski definition) is 2. The first-order valence-electron chi connectivity index (χ1n) is 9.80. The molecule has 10 heteroatoms. The van der Waals surface area contributed by atoms with Gasteiger partial charge in [0.25, 0.3) is 5.91 Å². The van der Waals surface area contributed by atoms with E-state index in [2.05, 4.69) is 15.3 Å². The number of nitriles is 1. The second kappa shape index (κ2) is 9.93. The third-order valence-corrected chi connectivity index (χ3v) is 6.48. The van der Waals surface area contributed by atoms with Crippen LogP contribution in [0.4, 0.5) is 5.69 Å². The molecule has 0 saturated heterocycles. The number of carbonyl (C=O) groups excluding carboxylic acids is 1. The Labute approximate surface area is 192 Å². The molecule has 0 bridgehead atoms. The van der Waals surface area contributed by atoms with Gasteiger partial charge in [0.1, 0.15) is 11.8 Å². The van der Waals surface area contributed by atoms with Gasteiger partial charge in [-0.1, -0.05) is 24.3 Å². The van der Waals surface area contributed by atoms with Gasteiger partial charge in [-0.25, -0.2) is 18.4 Å². The molecular weight excluding hydrogens is 440 g/mol. The summed E-state index contributed by atoms with van der Waals surface area (Å²) >= 11 is 0. The van der Waals surface area contributed by atoms with Crippen molar-refractivity contribution in [1.29, 1.82) is 5.26 Å². The molecule has 3 N–H and O–H groups in total. The SMILES string of the molecule is CN(C)C(=O)c1cccc(S(=O)(=O)c2ccccc2CN=C(N)Nc2ccnc(C#N)c2)c1. The zero-order valence-electron chi connectivity index (χ0n) is 18.1. The number of carbonyl (C=O) groups is 1. The van der Waals surface area contributed by atoms with E-state index in [-0.39, 0.29) is 39.5 Å². The average Bonchev–Trinajstić information content (AvgIpc) is 2.82. The van der Waals surface area contributed by atoms with Crippen LogP contribution >= 0.6 is 0 Å². The summed E-state index contributed by atoms with van der Waals surface area (Å²) in [5, 5.41) is 11.8. The fourth-order valence-corrected chi connectivity index (χ4v) is 4.53. The number of aromatic nitrogens is 1. The number of hydrogen-bond acceptors (Lipinski definition) is 6. The van der Waals surface area contributed by atoms with E-state index in [0.29, 0.717) is 11.3 Å². The molecule has 0 spiro atoms. The lowest BCUT2D eigenvalue weighted by atomic mass is 10.2. The molecule has 1 heterocycles. The van der Waals surface area contributed by atoms with Gasteiger partial charge in [0.15, 0.2) is 5.96 Å². The number of sulfone groups is 1. The quantitative estimate of drug-likeness (QED) is 0.423. The number of guanidine groups is 1. The van der Waals surface area contributed by atoms with E-state index in [9.17, 15) is 13.2 Å². The Bertz CT molecular complexity index is 1360. The second-order valence-corrected chi connectivity index (χ2v) is 9.12. The topological polar surface area (TPSA) is 142 Å². The van der Waals surface area contributed by atoms with Crippen molar-refractivity contribution in [1.82, 2.24) is 9.88 Å². The Balaban J connectivity index is 1.88. The number of nitrogens with one attached hydrogen (secondary N) is 1. The van der Waals surface area contributed by atoms with Gasteiger partial charge in [0.05, 0.1) is 16.3 Å². The zero-order chi connectivity index (χ0) is 24.0. The molecule has 1 aromatic heterocycles. The maximum absolute atomic E-state index is 13.3. The minimum absolute atomic E-state index is 0.000741. The van der Waals surface area contributed by atoms with Gasteiger partial charge < -0.3 is 16.0 Å². The molecule has 0 radical (unpaired) electrons. The number of benzene rings is 2. The number of aliphatic imine (C=N–C) groups is 1. The predicted octanol–water partition coefficient (Wildman–Crippen LogP) is 2.41. The van der Waals surface area contributed by atoms with Crippen LogP contribution in [0.1, 0.15) is 21.6 Å². The van der Waals surface area contributed by atoms with Gasteiger partial charge in [-0.05, 0) is 42.0 Å². The minimum Gasteiger partial charge on any atom is -0.370 e. The van der Waals surface area contributed by atoms with Crippen molar-refractivity contribution in [2.45, 2.75) is 16.3 Å². The van der Waals surface area contributed by atoms with Crippen LogP contribution in [0.2, 0.25) is 0 Å². The fraction of sp³-hybridized carbons (Fsp3) is 0.130. The normalized spacial score (nSPS) is 11.5. The summed E-state index contributed by atoms with van der Waals surface area (Å²) < 4.78 is 26.7. The molecule has 0 aliphatic carbocycles. The van der Waals surface area contributed by atoms with Crippen molar-refractivity contribution in [3.63, 3.8) is 0 Å². The molecule has 1 amide bonds. The number of nitrogens with two attached hydrogens (primary N) is 1. The second-order valence-electron chi connectivity index (χ2n) is 7.21. The summed E-state index contributed by atoms with van der Waals surface area (Å²) in [4.78, 5) is 21.9. The van der Waals surface area contributed by atoms with Crippen LogP contribution in [0.25, 0.3) is 0 Å². The maximum atomic E-state index is 13.3. The first kappa shape index (κ1) is 23.4. The summed E-state index contributed by atoms with van der Waals surface area (Å²) in [6.07, 6.45) is 1.46. The van der Waals surface area contributed by atoms with Crippen LogP contribution in [0.5, 0.6) is 0 Å². The average molecular weight is 463 g/mol. The Hall–Kier alpha value is -4.23. The highest BCUT2D eigenvalue weighted by Crippen LogP contribution is 2.25. The Morgan fingerprint density at radius 2 is 1.91 bits per heavy atom. The molecule has 9 nitrogen and oxygen atoms in total. The maximum Gasteiger partial charge on any atom is 0.253 e. The van der Waals surface area contributed by atoms with E-state index in [1.165, 1.54) is 41.4 Å². The van der Waals surface area contributed by atoms with Crippen molar-refractivity contribution < 1.29 is 13.2 Å². The molecule has 0 aliphatic heterocycles. The summed E-state index contributed by atoms with van der Waals surface area (Å²) in [6, 6.07) is 17.5. The number of amides is 1. The summed E-state index contributed by atoms with van der Waals surface area (Å²) in [5.41, 5.74) is 7.42. The first-order valence-corrected chi connectivity index (χ1v) is 11.3. The van der Waals surface area contributed by atoms with Gasteiger partial charge in [0, 0.05) is 31.5 Å². The number of nitrogens with zero attached hydrogens (tertiary/aromatic N) is 4. The van der Waals surface area contributed by atoms with Gasteiger partial charge in [-0.2, -0.15) is 5.26 Å². The Kier molecular flexibility index (Phi) is 7.05. The Morgan fingerprint density at radius 3 is 2.64 bits per heavy atom. The third kappa shape index (κ3) is 5.53. The predicted molar refractivity (Wildman–Crippen MR) is 124 cm³/mol. The van der Waals surface area contributed by atoms with Crippen molar-refractivity contribution in [2.24, 2.45) is 10.7 Å². The highest BCUT2D eigenvalue weighted by molar-refractivity contribution is 7.91. The van der Waals surface area contributed by atoms with Crippen LogP contribution in [0, 0.1) is 11.3 Å². The van der Waals surface area contributed by atoms with E-state index in [1.807, 2.05) is 6.07 Å². The van der Waals surface area contributed by atoms with Crippen LogP contribution in [0.3, 0.4) is 0 Å². The van der Waals surface area contributed by atoms with E-state index in [4.69, 9.17) is 11.0 Å². The van der Waals surface area contributed by atoms with Crippen LogP contribution in [-0.2, 0) is 16.4 Å². The molecule has 33 heavy (non-hydrogen) atoms. The molecule has 0 aliphatic rings. The molecule has 0 atom stereocenters. The molecule has 0 saturated carbocycles. The largest absolute Gasteiger partial charge is 0.370 e. The number of rotatable bonds is 6. The van der Waals surface area contributed by atoms with Gasteiger partial charge in [-0.3, -0.25) is 4.79 Å². The Morgan fingerprint density at radius 1 is 1.15 bits per heavy atom. The smallest absolute Gasteiger partial charge is 0.253 e. The summed E-state index contributed by atoms with van der Waals surface area (Å²) in [7, 11) is -0.714. The lowest BCUT2D eigenvalue weighted by Gasteiger charge is -2.13. The van der Waals surface area contributed by atoms with Crippen molar-refractivity contribution >= 4 is 27.4 Å². The molecule has 168 valence electrons. The van der Waals surface area contributed by atoms with E-state index >= 15 is 0 Å². The van der Waals surface area contributed by atoms with E-state index < -0.39 is 9.84 Å². The van der Waals surface area contributed by atoms with Crippen molar-refractivity contribution in [3.8, 4) is 6.07 Å². The minimum atomic E-state index is -3.91. The molecular formula is C23H22N6O3S. The molecule has 0 fully saturated rings. The van der Waals surface area contributed by atoms with Crippen molar-refractivity contribution in [3.05, 3.63) is 83.7 Å². The van der Waals surface area contributed by atoms with Crippen LogP contribution in [-0.4, -0.2) is 44.3 Å². The fourth-order valence-electron chi connectivity index (χ4n) is 3.01. The lowest BCUT2D eigenvalue weighted by molar-refractivity contribution is 0.0827.